The molecule has 0 unspecified atom stereocenters. The van der Waals surface area contributed by atoms with Crippen molar-refractivity contribution in [3.63, 3.8) is 0 Å². The van der Waals surface area contributed by atoms with E-state index in [0.717, 1.165) is 6.04 Å². The minimum absolute atomic E-state index is 0.593. The van der Waals surface area contributed by atoms with Gasteiger partial charge in [-0.3, -0.25) is 0 Å². The molecule has 2 aliphatic rings. The zero-order valence-corrected chi connectivity index (χ0v) is 8.67. The summed E-state index contributed by atoms with van der Waals surface area (Å²) in [5.41, 5.74) is 1.23. The van der Waals surface area contributed by atoms with Crippen molar-refractivity contribution in [3.8, 4) is 0 Å². The lowest BCUT2D eigenvalue weighted by atomic mass is 9.85. The third kappa shape index (κ3) is 1.25. The molecule has 0 radical (unpaired) electrons. The van der Waals surface area contributed by atoms with Crippen LogP contribution in [0.5, 0.6) is 0 Å². The lowest BCUT2D eigenvalue weighted by molar-refractivity contribution is 0.505. The Kier molecular flexibility index (Phi) is 1.99. The number of nitrogens with zero attached hydrogens (tertiary/aromatic N) is 1. The molecule has 0 aliphatic carbocycles. The molecule has 14 heavy (non-hydrogen) atoms. The number of hydrogen-bond acceptors (Lipinski definition) is 2. The van der Waals surface area contributed by atoms with E-state index in [1.807, 2.05) is 6.07 Å². The van der Waals surface area contributed by atoms with Gasteiger partial charge in [-0.2, -0.15) is 0 Å². The van der Waals surface area contributed by atoms with E-state index in [1.54, 1.807) is 6.20 Å². The summed E-state index contributed by atoms with van der Waals surface area (Å²) in [5, 5.41) is 4.30. The predicted octanol–water partition coefficient (Wildman–Crippen LogP) is 2.34. The Bertz CT molecular complexity index is 353. The van der Waals surface area contributed by atoms with Crippen LogP contribution >= 0.6 is 11.6 Å². The van der Waals surface area contributed by atoms with Crippen LogP contribution < -0.4 is 5.32 Å². The highest BCUT2D eigenvalue weighted by molar-refractivity contribution is 6.30. The Labute approximate surface area is 88.7 Å². The Morgan fingerprint density at radius 1 is 1.43 bits per heavy atom. The van der Waals surface area contributed by atoms with Gasteiger partial charge in [-0.15, -0.1) is 0 Å². The zero-order valence-electron chi connectivity index (χ0n) is 7.91. The smallest absolute Gasteiger partial charge is 0.132 e. The maximum Gasteiger partial charge on any atom is 0.132 e. The van der Waals surface area contributed by atoms with Crippen molar-refractivity contribution in [2.75, 3.05) is 0 Å². The fourth-order valence-corrected chi connectivity index (χ4v) is 3.10. The molecule has 3 heteroatoms. The van der Waals surface area contributed by atoms with Crippen LogP contribution in [0.4, 0.5) is 0 Å². The molecule has 2 saturated heterocycles. The molecule has 3 rings (SSSR count). The summed E-state index contributed by atoms with van der Waals surface area (Å²) in [5.74, 6) is 0.593. The highest BCUT2D eigenvalue weighted by Crippen LogP contribution is 2.41. The number of aromatic nitrogens is 1. The van der Waals surface area contributed by atoms with Gasteiger partial charge in [-0.1, -0.05) is 17.7 Å². The van der Waals surface area contributed by atoms with Crippen LogP contribution in [-0.2, 0) is 0 Å². The van der Waals surface area contributed by atoms with Gasteiger partial charge >= 0.3 is 0 Å². The fraction of sp³-hybridized carbons (Fsp3) is 0.545. The van der Waals surface area contributed by atoms with Crippen molar-refractivity contribution in [1.82, 2.24) is 10.3 Å². The highest BCUT2D eigenvalue weighted by atomic mass is 35.5. The van der Waals surface area contributed by atoms with E-state index < -0.39 is 0 Å². The van der Waals surface area contributed by atoms with E-state index in [2.05, 4.69) is 16.4 Å². The lowest BCUT2D eigenvalue weighted by Gasteiger charge is -2.20. The number of pyridine rings is 1. The molecule has 74 valence electrons. The van der Waals surface area contributed by atoms with Gasteiger partial charge in [-0.25, -0.2) is 4.98 Å². The normalized spacial score (nSPS) is 35.1. The molecule has 3 atom stereocenters. The second kappa shape index (κ2) is 3.21. The van der Waals surface area contributed by atoms with Crippen LogP contribution in [0.25, 0.3) is 0 Å². The van der Waals surface area contributed by atoms with E-state index in [1.165, 1.54) is 24.8 Å². The van der Waals surface area contributed by atoms with Crippen molar-refractivity contribution in [3.05, 3.63) is 29.0 Å². The molecule has 2 aliphatic heterocycles. The third-order valence-corrected chi connectivity index (χ3v) is 3.80. The summed E-state index contributed by atoms with van der Waals surface area (Å²) in [6, 6.07) is 5.46. The number of rotatable bonds is 1. The minimum Gasteiger partial charge on any atom is -0.311 e. The standard InChI is InChI=1S/C11H13ClN2/c12-11-8(2-1-5-13-11)9-6-7-3-4-10(9)14-7/h1-2,5,7,9-10,14H,3-4,6H2/t7-,9+,10+/m1/s1. The summed E-state index contributed by atoms with van der Waals surface area (Å²) in [4.78, 5) is 4.14. The van der Waals surface area contributed by atoms with Gasteiger partial charge in [0, 0.05) is 24.2 Å². The first-order valence-corrected chi connectivity index (χ1v) is 5.59. The quantitative estimate of drug-likeness (QED) is 0.717. The Morgan fingerprint density at radius 3 is 3.00 bits per heavy atom. The van der Waals surface area contributed by atoms with Gasteiger partial charge in [-0.05, 0) is 30.9 Å². The monoisotopic (exact) mass is 208 g/mol. The molecule has 0 aromatic carbocycles. The second-order valence-electron chi connectivity index (χ2n) is 4.27. The summed E-state index contributed by atoms with van der Waals surface area (Å²) in [7, 11) is 0. The Morgan fingerprint density at radius 2 is 2.36 bits per heavy atom. The molecular weight excluding hydrogens is 196 g/mol. The molecular formula is C11H13ClN2. The number of nitrogens with one attached hydrogen (secondary N) is 1. The van der Waals surface area contributed by atoms with E-state index in [0.29, 0.717) is 17.1 Å². The first-order chi connectivity index (χ1) is 6.84. The third-order valence-electron chi connectivity index (χ3n) is 3.49. The molecule has 0 amide bonds. The minimum atomic E-state index is 0.593. The first kappa shape index (κ1) is 8.69. The maximum atomic E-state index is 6.10. The summed E-state index contributed by atoms with van der Waals surface area (Å²) in [6.07, 6.45) is 5.61. The van der Waals surface area contributed by atoms with Crippen LogP contribution in [0.15, 0.2) is 18.3 Å². The van der Waals surface area contributed by atoms with Gasteiger partial charge in [0.2, 0.25) is 0 Å². The predicted molar refractivity (Wildman–Crippen MR) is 56.6 cm³/mol. The van der Waals surface area contributed by atoms with Crippen molar-refractivity contribution in [2.24, 2.45) is 0 Å². The van der Waals surface area contributed by atoms with Gasteiger partial charge < -0.3 is 5.32 Å². The summed E-state index contributed by atoms with van der Waals surface area (Å²) >= 11 is 6.10. The fourth-order valence-electron chi connectivity index (χ4n) is 2.84. The highest BCUT2D eigenvalue weighted by Gasteiger charge is 2.40. The van der Waals surface area contributed by atoms with Gasteiger partial charge in [0.1, 0.15) is 5.15 Å². The zero-order chi connectivity index (χ0) is 9.54. The SMILES string of the molecule is Clc1ncccc1[C@@H]1C[C@H]2CC[C@@H]1N2. The number of halogens is 1. The molecule has 1 aromatic rings. The summed E-state index contributed by atoms with van der Waals surface area (Å²) < 4.78 is 0. The molecule has 2 bridgehead atoms. The van der Waals surface area contributed by atoms with Gasteiger partial charge in [0.15, 0.2) is 0 Å². The largest absolute Gasteiger partial charge is 0.311 e. The van der Waals surface area contributed by atoms with E-state index >= 15 is 0 Å². The first-order valence-electron chi connectivity index (χ1n) is 5.21. The van der Waals surface area contributed by atoms with E-state index in [4.69, 9.17) is 11.6 Å². The molecule has 0 spiro atoms. The molecule has 0 saturated carbocycles. The second-order valence-corrected chi connectivity index (χ2v) is 4.63. The van der Waals surface area contributed by atoms with Crippen molar-refractivity contribution in [2.45, 2.75) is 37.3 Å². The van der Waals surface area contributed by atoms with Crippen LogP contribution in [0, 0.1) is 0 Å². The average Bonchev–Trinajstić information content (AvgIpc) is 2.79. The van der Waals surface area contributed by atoms with Gasteiger partial charge in [0.25, 0.3) is 0 Å². The number of fused-ring (bicyclic) bond motifs is 2. The molecule has 1 aromatic heterocycles. The van der Waals surface area contributed by atoms with E-state index in [-0.39, 0.29) is 0 Å². The Hall–Kier alpha value is -0.600. The maximum absolute atomic E-state index is 6.10. The van der Waals surface area contributed by atoms with Crippen LogP contribution in [0.1, 0.15) is 30.7 Å². The summed E-state index contributed by atoms with van der Waals surface area (Å²) in [6.45, 7) is 0. The molecule has 2 nitrogen and oxygen atoms in total. The van der Waals surface area contributed by atoms with Gasteiger partial charge in [0.05, 0.1) is 0 Å². The molecule has 2 fully saturated rings. The van der Waals surface area contributed by atoms with Crippen LogP contribution in [-0.4, -0.2) is 17.1 Å². The lowest BCUT2D eigenvalue weighted by Crippen LogP contribution is -2.21. The van der Waals surface area contributed by atoms with Crippen LogP contribution in [0.2, 0.25) is 5.15 Å². The molecule has 3 heterocycles. The van der Waals surface area contributed by atoms with Crippen molar-refractivity contribution < 1.29 is 0 Å². The van der Waals surface area contributed by atoms with Crippen LogP contribution in [0.3, 0.4) is 0 Å². The molecule has 1 N–H and O–H groups in total. The average molecular weight is 209 g/mol. The topological polar surface area (TPSA) is 24.9 Å². The van der Waals surface area contributed by atoms with E-state index in [9.17, 15) is 0 Å². The Balaban J connectivity index is 1.93. The van der Waals surface area contributed by atoms with Crippen molar-refractivity contribution in [1.29, 1.82) is 0 Å². The van der Waals surface area contributed by atoms with Crippen molar-refractivity contribution >= 4 is 11.6 Å². The number of hydrogen-bond donors (Lipinski definition) is 1.